The number of carbonyl (C=O) groups is 1. The van der Waals surface area contributed by atoms with Gasteiger partial charge in [-0.05, 0) is 52.0 Å². The summed E-state index contributed by atoms with van der Waals surface area (Å²) >= 11 is 1.41. The van der Waals surface area contributed by atoms with Crippen LogP contribution < -0.4 is 5.32 Å². The van der Waals surface area contributed by atoms with E-state index in [2.05, 4.69) is 10.3 Å². The maximum atomic E-state index is 13.0. The molecule has 130 valence electrons. The van der Waals surface area contributed by atoms with Crippen molar-refractivity contribution in [2.45, 2.75) is 44.2 Å². The summed E-state index contributed by atoms with van der Waals surface area (Å²) in [5.74, 6) is -0.304. The van der Waals surface area contributed by atoms with Crippen LogP contribution in [-0.2, 0) is 21.3 Å². The average molecular weight is 368 g/mol. The molecular weight excluding hydrogens is 347 g/mol. The van der Waals surface area contributed by atoms with Crippen molar-refractivity contribution in [2.24, 2.45) is 0 Å². The number of rotatable bonds is 5. The van der Waals surface area contributed by atoms with Crippen molar-refractivity contribution in [3.63, 3.8) is 0 Å². The Labute approximate surface area is 148 Å². The molecule has 7 heteroatoms. The molecule has 4 nitrogen and oxygen atoms in total. The summed E-state index contributed by atoms with van der Waals surface area (Å²) in [6.45, 7) is 7.31. The van der Waals surface area contributed by atoms with Gasteiger partial charge < -0.3 is 5.32 Å². The first kappa shape index (κ1) is 18.7. The minimum Gasteiger partial charge on any atom is -0.350 e. The fourth-order valence-electron chi connectivity index (χ4n) is 1.96. The number of hydrogen-bond donors (Lipinski definition) is 1. The third kappa shape index (κ3) is 5.21. The highest BCUT2D eigenvalue weighted by molar-refractivity contribution is 7.85. The molecule has 1 N–H and O–H groups in total. The molecule has 1 aromatic heterocycles. The summed E-state index contributed by atoms with van der Waals surface area (Å²) in [5.41, 5.74) is 1.14. The maximum Gasteiger partial charge on any atom is 0.235 e. The van der Waals surface area contributed by atoms with Crippen molar-refractivity contribution in [1.82, 2.24) is 10.3 Å². The molecule has 0 saturated heterocycles. The van der Waals surface area contributed by atoms with Crippen molar-refractivity contribution < 1.29 is 13.4 Å². The number of benzene rings is 1. The van der Waals surface area contributed by atoms with Crippen molar-refractivity contribution in [1.29, 1.82) is 0 Å². The van der Waals surface area contributed by atoms with E-state index in [1.54, 1.807) is 19.1 Å². The average Bonchev–Trinajstić information content (AvgIpc) is 2.93. The topological polar surface area (TPSA) is 59.1 Å². The van der Waals surface area contributed by atoms with E-state index in [0.717, 1.165) is 10.6 Å². The molecule has 24 heavy (non-hydrogen) atoms. The minimum atomic E-state index is -1.36. The number of halogens is 1. The summed E-state index contributed by atoms with van der Waals surface area (Å²) in [4.78, 5) is 16.5. The highest BCUT2D eigenvalue weighted by atomic mass is 32.2. The fraction of sp³-hybridized carbons (Fsp3) is 0.412. The third-order valence-corrected chi connectivity index (χ3v) is 5.72. The molecule has 2 rings (SSSR count). The van der Waals surface area contributed by atoms with Crippen LogP contribution in [0.1, 0.15) is 33.4 Å². The Bertz CT molecular complexity index is 736. The van der Waals surface area contributed by atoms with Crippen LogP contribution in [0.25, 0.3) is 10.6 Å². The van der Waals surface area contributed by atoms with Crippen LogP contribution >= 0.6 is 11.3 Å². The summed E-state index contributed by atoms with van der Waals surface area (Å²) in [6, 6.07) is 6.09. The Hall–Kier alpha value is -1.60. The molecule has 0 bridgehead atoms. The first-order valence-corrected chi connectivity index (χ1v) is 9.81. The Kier molecular flexibility index (Phi) is 5.87. The molecule has 1 heterocycles. The zero-order valence-electron chi connectivity index (χ0n) is 14.1. The van der Waals surface area contributed by atoms with Gasteiger partial charge in [-0.2, -0.15) is 0 Å². The SMILES string of the molecule is C[C@@H](C(=O)NC(C)(C)C)[S@](=O)Cc1csc(-c2ccc(F)cc2)n1. The highest BCUT2D eigenvalue weighted by Gasteiger charge is 2.24. The van der Waals surface area contributed by atoms with Crippen molar-refractivity contribution in [3.8, 4) is 10.6 Å². The van der Waals surface area contributed by atoms with Crippen LogP contribution in [-0.4, -0.2) is 25.9 Å². The van der Waals surface area contributed by atoms with Gasteiger partial charge in [-0.1, -0.05) is 0 Å². The molecule has 2 aromatic rings. The number of thiazole rings is 1. The van der Waals surface area contributed by atoms with Crippen molar-refractivity contribution in [3.05, 3.63) is 41.2 Å². The Morgan fingerprint density at radius 2 is 1.96 bits per heavy atom. The molecule has 0 aliphatic rings. The first-order chi connectivity index (χ1) is 11.2. The number of carbonyl (C=O) groups excluding carboxylic acids is 1. The van der Waals surface area contributed by atoms with E-state index in [-0.39, 0.29) is 23.0 Å². The molecular formula is C17H21FN2O2S2. The van der Waals surface area contributed by atoms with Gasteiger partial charge in [0.2, 0.25) is 5.91 Å². The second-order valence-electron chi connectivity index (χ2n) is 6.56. The van der Waals surface area contributed by atoms with Gasteiger partial charge in [0.05, 0.1) is 11.4 Å². The molecule has 0 spiro atoms. The lowest BCUT2D eigenvalue weighted by molar-refractivity contribution is -0.121. The molecule has 0 saturated carbocycles. The number of aromatic nitrogens is 1. The molecule has 2 atom stereocenters. The van der Waals surface area contributed by atoms with E-state index in [1.165, 1.54) is 23.5 Å². The molecule has 1 aromatic carbocycles. The van der Waals surface area contributed by atoms with E-state index < -0.39 is 16.0 Å². The number of nitrogens with zero attached hydrogens (tertiary/aromatic N) is 1. The Morgan fingerprint density at radius 1 is 1.33 bits per heavy atom. The van der Waals surface area contributed by atoms with Crippen LogP contribution in [0, 0.1) is 5.82 Å². The minimum absolute atomic E-state index is 0.219. The fourth-order valence-corrected chi connectivity index (χ4v) is 3.88. The lowest BCUT2D eigenvalue weighted by atomic mass is 10.1. The molecule has 0 unspecified atom stereocenters. The summed E-state index contributed by atoms with van der Waals surface area (Å²) in [7, 11) is -1.36. The van der Waals surface area contributed by atoms with Crippen LogP contribution in [0.5, 0.6) is 0 Å². The number of nitrogens with one attached hydrogen (secondary N) is 1. The Balaban J connectivity index is 2.02. The van der Waals surface area contributed by atoms with E-state index in [9.17, 15) is 13.4 Å². The smallest absolute Gasteiger partial charge is 0.235 e. The van der Waals surface area contributed by atoms with Crippen molar-refractivity contribution >= 4 is 28.0 Å². The predicted octanol–water partition coefficient (Wildman–Crippen LogP) is 3.50. The van der Waals surface area contributed by atoms with Gasteiger partial charge in [0.25, 0.3) is 0 Å². The molecule has 0 aliphatic carbocycles. The summed E-state index contributed by atoms with van der Waals surface area (Å²) < 4.78 is 25.4. The van der Waals surface area contributed by atoms with Crippen LogP contribution in [0.3, 0.4) is 0 Å². The van der Waals surface area contributed by atoms with Gasteiger partial charge in [-0.3, -0.25) is 9.00 Å². The van der Waals surface area contributed by atoms with E-state index in [1.807, 2.05) is 26.2 Å². The maximum absolute atomic E-state index is 13.0. The van der Waals surface area contributed by atoms with E-state index >= 15 is 0 Å². The number of amides is 1. The Morgan fingerprint density at radius 3 is 2.54 bits per heavy atom. The first-order valence-electron chi connectivity index (χ1n) is 7.55. The zero-order valence-corrected chi connectivity index (χ0v) is 15.8. The molecule has 1 amide bonds. The third-order valence-electron chi connectivity index (χ3n) is 3.19. The molecule has 0 aliphatic heterocycles. The standard InChI is InChI=1S/C17H21FN2O2S2/c1-11(15(21)20-17(2,3)4)24(22)10-14-9-23-16(19-14)12-5-7-13(18)8-6-12/h5-9,11H,10H2,1-4H3,(H,20,21)/t11-,24+/m0/s1. The van der Waals surface area contributed by atoms with Crippen LogP contribution in [0.15, 0.2) is 29.6 Å². The van der Waals surface area contributed by atoms with Gasteiger partial charge >= 0.3 is 0 Å². The van der Waals surface area contributed by atoms with E-state index in [4.69, 9.17) is 0 Å². The highest BCUT2D eigenvalue weighted by Crippen LogP contribution is 2.24. The molecule has 0 fully saturated rings. The summed E-state index contributed by atoms with van der Waals surface area (Å²) in [6.07, 6.45) is 0. The van der Waals surface area contributed by atoms with Gasteiger partial charge in [0, 0.05) is 27.3 Å². The van der Waals surface area contributed by atoms with Crippen molar-refractivity contribution in [2.75, 3.05) is 0 Å². The van der Waals surface area contributed by atoms with Gasteiger partial charge in [0.15, 0.2) is 0 Å². The lowest BCUT2D eigenvalue weighted by Crippen LogP contribution is -2.46. The van der Waals surface area contributed by atoms with Gasteiger partial charge in [0.1, 0.15) is 16.1 Å². The molecule has 0 radical (unpaired) electrons. The lowest BCUT2D eigenvalue weighted by Gasteiger charge is -2.22. The van der Waals surface area contributed by atoms with E-state index in [0.29, 0.717) is 5.69 Å². The van der Waals surface area contributed by atoms with Crippen LogP contribution in [0.2, 0.25) is 0 Å². The van der Waals surface area contributed by atoms with Crippen LogP contribution in [0.4, 0.5) is 4.39 Å². The summed E-state index contributed by atoms with van der Waals surface area (Å²) in [5, 5.41) is 4.79. The quantitative estimate of drug-likeness (QED) is 0.879. The number of hydrogen-bond acceptors (Lipinski definition) is 4. The van der Waals surface area contributed by atoms with Gasteiger partial charge in [-0.25, -0.2) is 9.37 Å². The monoisotopic (exact) mass is 368 g/mol. The second kappa shape index (κ2) is 7.53. The zero-order chi connectivity index (χ0) is 17.9. The largest absolute Gasteiger partial charge is 0.350 e. The van der Waals surface area contributed by atoms with Gasteiger partial charge in [-0.15, -0.1) is 11.3 Å². The predicted molar refractivity (Wildman–Crippen MR) is 96.7 cm³/mol. The second-order valence-corrected chi connectivity index (χ2v) is 9.17. The normalized spacial score (nSPS) is 14.2.